The van der Waals surface area contributed by atoms with Crippen molar-refractivity contribution in [3.63, 3.8) is 0 Å². The van der Waals surface area contributed by atoms with Gasteiger partial charge in [-0.15, -0.1) is 0 Å². The van der Waals surface area contributed by atoms with Gasteiger partial charge in [0, 0.05) is 11.6 Å². The van der Waals surface area contributed by atoms with Gasteiger partial charge in [-0.3, -0.25) is 9.59 Å². The fourth-order valence-electron chi connectivity index (χ4n) is 1.63. The zero-order valence-electron chi connectivity index (χ0n) is 10.6. The lowest BCUT2D eigenvalue weighted by Crippen LogP contribution is -2.41. The van der Waals surface area contributed by atoms with Crippen LogP contribution in [0.25, 0.3) is 0 Å². The molecule has 5 heteroatoms. The molecule has 0 bridgehead atoms. The van der Waals surface area contributed by atoms with Crippen molar-refractivity contribution in [1.29, 1.82) is 0 Å². The van der Waals surface area contributed by atoms with E-state index in [2.05, 4.69) is 10.1 Å². The summed E-state index contributed by atoms with van der Waals surface area (Å²) >= 11 is 0. The van der Waals surface area contributed by atoms with Crippen molar-refractivity contribution < 1.29 is 18.7 Å². The average Bonchev–Trinajstić information content (AvgIpc) is 2.39. The molecule has 1 aromatic rings. The van der Waals surface area contributed by atoms with Crippen molar-refractivity contribution in [3.8, 4) is 0 Å². The van der Waals surface area contributed by atoms with E-state index in [1.54, 1.807) is 14.0 Å². The van der Waals surface area contributed by atoms with Crippen LogP contribution in [0.3, 0.4) is 0 Å². The largest absolute Gasteiger partial charge is 0.468 e. The number of methoxy groups -OCH3 is 1. The predicted molar refractivity (Wildman–Crippen MR) is 64.8 cm³/mol. The minimum atomic E-state index is -0.939. The number of ketones is 1. The zero-order valence-corrected chi connectivity index (χ0v) is 10.6. The molecule has 0 heterocycles. The van der Waals surface area contributed by atoms with E-state index < -0.39 is 17.7 Å². The molecule has 0 amide bonds. The van der Waals surface area contributed by atoms with E-state index in [1.807, 2.05) is 0 Å². The van der Waals surface area contributed by atoms with Gasteiger partial charge in [0.1, 0.15) is 11.7 Å². The molecular weight excluding hydrogens is 237 g/mol. The van der Waals surface area contributed by atoms with Gasteiger partial charge in [0.2, 0.25) is 0 Å². The normalized spacial score (nSPS) is 13.8. The number of benzene rings is 1. The van der Waals surface area contributed by atoms with Crippen LogP contribution in [0.1, 0.15) is 17.3 Å². The third kappa shape index (κ3) is 3.13. The second kappa shape index (κ2) is 6.26. The Labute approximate surface area is 105 Å². The molecule has 98 valence electrons. The molecule has 4 nitrogen and oxygen atoms in total. The lowest BCUT2D eigenvalue weighted by atomic mass is 9.91. The summed E-state index contributed by atoms with van der Waals surface area (Å²) in [5, 5.41) is 2.85. The lowest BCUT2D eigenvalue weighted by Gasteiger charge is -2.20. The quantitative estimate of drug-likeness (QED) is 0.489. The summed E-state index contributed by atoms with van der Waals surface area (Å²) in [5.74, 6) is -2.36. The Morgan fingerprint density at radius 2 is 1.83 bits per heavy atom. The summed E-state index contributed by atoms with van der Waals surface area (Å²) in [6.45, 7) is 1.71. The molecule has 2 unspecified atom stereocenters. The van der Waals surface area contributed by atoms with Crippen molar-refractivity contribution in [2.45, 2.75) is 13.0 Å². The fraction of sp³-hybridized carbons (Fsp3) is 0.385. The van der Waals surface area contributed by atoms with Gasteiger partial charge < -0.3 is 10.1 Å². The maximum absolute atomic E-state index is 12.8. The molecule has 0 saturated carbocycles. The monoisotopic (exact) mass is 253 g/mol. The number of esters is 1. The van der Waals surface area contributed by atoms with E-state index in [0.717, 1.165) is 0 Å². The number of Topliss-reactive ketones (excluding diaryl/α,β-unsaturated/α-hetero) is 1. The first-order valence-corrected chi connectivity index (χ1v) is 5.56. The van der Waals surface area contributed by atoms with Crippen molar-refractivity contribution in [3.05, 3.63) is 35.6 Å². The number of halogens is 1. The standard InChI is InChI=1S/C13H16FNO3/c1-8(15-2)11(13(17)18-3)12(16)9-4-6-10(14)7-5-9/h4-8,11,15H,1-3H3. The molecule has 18 heavy (non-hydrogen) atoms. The summed E-state index contributed by atoms with van der Waals surface area (Å²) in [7, 11) is 2.88. The lowest BCUT2D eigenvalue weighted by molar-refractivity contribution is -0.144. The van der Waals surface area contributed by atoms with Crippen LogP contribution in [0.4, 0.5) is 4.39 Å². The van der Waals surface area contributed by atoms with Crippen LogP contribution in [0, 0.1) is 11.7 Å². The smallest absolute Gasteiger partial charge is 0.318 e. The van der Waals surface area contributed by atoms with Crippen LogP contribution in [-0.4, -0.2) is 32.0 Å². The van der Waals surface area contributed by atoms with Gasteiger partial charge in [0.05, 0.1) is 7.11 Å². The fourth-order valence-corrected chi connectivity index (χ4v) is 1.63. The second-order valence-electron chi connectivity index (χ2n) is 3.95. The molecule has 1 N–H and O–H groups in total. The zero-order chi connectivity index (χ0) is 13.7. The second-order valence-corrected chi connectivity index (χ2v) is 3.95. The van der Waals surface area contributed by atoms with Crippen LogP contribution in [-0.2, 0) is 9.53 Å². The molecule has 1 rings (SSSR count). The molecule has 0 saturated heterocycles. The third-order valence-corrected chi connectivity index (χ3v) is 2.82. The first-order valence-electron chi connectivity index (χ1n) is 5.56. The van der Waals surface area contributed by atoms with Gasteiger partial charge in [-0.1, -0.05) is 0 Å². The Morgan fingerprint density at radius 1 is 1.28 bits per heavy atom. The van der Waals surface area contributed by atoms with Crippen molar-refractivity contribution in [2.24, 2.45) is 5.92 Å². The van der Waals surface area contributed by atoms with Crippen LogP contribution in [0.2, 0.25) is 0 Å². The van der Waals surface area contributed by atoms with E-state index in [9.17, 15) is 14.0 Å². The highest BCUT2D eigenvalue weighted by Crippen LogP contribution is 2.15. The molecular formula is C13H16FNO3. The number of nitrogens with one attached hydrogen (secondary N) is 1. The van der Waals surface area contributed by atoms with E-state index in [-0.39, 0.29) is 17.4 Å². The van der Waals surface area contributed by atoms with Gasteiger partial charge in [-0.25, -0.2) is 4.39 Å². The van der Waals surface area contributed by atoms with E-state index in [4.69, 9.17) is 0 Å². The van der Waals surface area contributed by atoms with Gasteiger partial charge >= 0.3 is 5.97 Å². The molecule has 0 aliphatic carbocycles. The Kier molecular flexibility index (Phi) is 4.97. The number of carbonyl (C=O) groups excluding carboxylic acids is 2. The van der Waals surface area contributed by atoms with Crippen LogP contribution < -0.4 is 5.32 Å². The van der Waals surface area contributed by atoms with Crippen molar-refractivity contribution in [1.82, 2.24) is 5.32 Å². The molecule has 0 spiro atoms. The molecule has 1 aromatic carbocycles. The van der Waals surface area contributed by atoms with E-state index >= 15 is 0 Å². The van der Waals surface area contributed by atoms with Gasteiger partial charge in [0.25, 0.3) is 0 Å². The first-order chi connectivity index (χ1) is 8.51. The van der Waals surface area contributed by atoms with Gasteiger partial charge in [-0.05, 0) is 38.2 Å². The molecule has 0 fully saturated rings. The maximum atomic E-state index is 12.8. The Bertz CT molecular complexity index is 430. The summed E-state index contributed by atoms with van der Waals surface area (Å²) < 4.78 is 17.4. The highest BCUT2D eigenvalue weighted by molar-refractivity contribution is 6.09. The third-order valence-electron chi connectivity index (χ3n) is 2.82. The Balaban J connectivity index is 3.02. The molecule has 0 radical (unpaired) electrons. The molecule has 0 aliphatic heterocycles. The van der Waals surface area contributed by atoms with Crippen molar-refractivity contribution in [2.75, 3.05) is 14.2 Å². The summed E-state index contributed by atoms with van der Waals surface area (Å²) in [4.78, 5) is 23.8. The van der Waals surface area contributed by atoms with Gasteiger partial charge in [0.15, 0.2) is 5.78 Å². The van der Waals surface area contributed by atoms with E-state index in [0.29, 0.717) is 0 Å². The Morgan fingerprint density at radius 3 is 2.28 bits per heavy atom. The number of carbonyl (C=O) groups is 2. The van der Waals surface area contributed by atoms with Gasteiger partial charge in [-0.2, -0.15) is 0 Å². The first kappa shape index (κ1) is 14.3. The minimum Gasteiger partial charge on any atom is -0.468 e. The van der Waals surface area contributed by atoms with E-state index in [1.165, 1.54) is 31.4 Å². The highest BCUT2D eigenvalue weighted by Gasteiger charge is 2.33. The number of hydrogen-bond acceptors (Lipinski definition) is 4. The molecule has 0 aromatic heterocycles. The predicted octanol–water partition coefficient (Wildman–Crippen LogP) is 1.41. The average molecular weight is 253 g/mol. The summed E-state index contributed by atoms with van der Waals surface area (Å²) in [5.41, 5.74) is 0.286. The SMILES string of the molecule is CNC(C)C(C(=O)OC)C(=O)c1ccc(F)cc1. The topological polar surface area (TPSA) is 55.4 Å². The van der Waals surface area contributed by atoms with Crippen LogP contribution in [0.15, 0.2) is 24.3 Å². The van der Waals surface area contributed by atoms with Crippen LogP contribution >= 0.6 is 0 Å². The molecule has 2 atom stereocenters. The number of rotatable bonds is 5. The number of ether oxygens (including phenoxy) is 1. The maximum Gasteiger partial charge on any atom is 0.318 e. The summed E-state index contributed by atoms with van der Waals surface area (Å²) in [6, 6.07) is 4.72. The van der Waals surface area contributed by atoms with Crippen molar-refractivity contribution >= 4 is 11.8 Å². The highest BCUT2D eigenvalue weighted by atomic mass is 19.1. The summed E-state index contributed by atoms with van der Waals surface area (Å²) in [6.07, 6.45) is 0. The minimum absolute atomic E-state index is 0.286. The van der Waals surface area contributed by atoms with Crippen LogP contribution in [0.5, 0.6) is 0 Å². The molecule has 0 aliphatic rings. The Hall–Kier alpha value is -1.75. The number of hydrogen-bond donors (Lipinski definition) is 1.